The van der Waals surface area contributed by atoms with Gasteiger partial charge in [0.1, 0.15) is 6.20 Å². The van der Waals surface area contributed by atoms with E-state index in [0.29, 0.717) is 5.88 Å². The van der Waals surface area contributed by atoms with Crippen LogP contribution in [0.2, 0.25) is 0 Å². The Morgan fingerprint density at radius 3 is 3.00 bits per heavy atom. The van der Waals surface area contributed by atoms with Gasteiger partial charge < -0.3 is 10.5 Å². The molecule has 1 aromatic rings. The lowest BCUT2D eigenvalue weighted by Gasteiger charge is -1.97. The number of methoxy groups -OCH3 is 1. The Balaban J connectivity index is 3.01. The number of anilines is 1. The fourth-order valence-electron chi connectivity index (χ4n) is 0.449. The largest absolute Gasteiger partial charge is 0.478 e. The molecule has 1 radical (unpaired) electrons. The van der Waals surface area contributed by atoms with Crippen LogP contribution in [0.5, 0.6) is 5.88 Å². The molecule has 0 aromatic carbocycles. The third-order valence-electron chi connectivity index (χ3n) is 0.840. The zero-order valence-corrected chi connectivity index (χ0v) is 4.96. The summed E-state index contributed by atoms with van der Waals surface area (Å²) >= 11 is 0. The first-order valence-electron chi connectivity index (χ1n) is 2.37. The molecule has 0 unspecified atom stereocenters. The molecule has 0 fully saturated rings. The van der Waals surface area contributed by atoms with Crippen LogP contribution < -0.4 is 10.5 Å². The number of nitrogens with two attached hydrogens (primary N) is 1. The first-order chi connectivity index (χ1) is 4.34. The Morgan fingerprint density at radius 2 is 2.56 bits per heavy atom. The van der Waals surface area contributed by atoms with Gasteiger partial charge in [0.05, 0.1) is 13.3 Å². The highest BCUT2D eigenvalue weighted by atomic mass is 16.5. The van der Waals surface area contributed by atoms with E-state index in [9.17, 15) is 0 Å². The molecule has 0 saturated carbocycles. The normalized spacial score (nSPS) is 9.00. The predicted molar refractivity (Wildman–Crippen MR) is 31.8 cm³/mol. The highest BCUT2D eigenvalue weighted by molar-refractivity contribution is 5.38. The van der Waals surface area contributed by atoms with E-state index in [4.69, 9.17) is 10.5 Å². The van der Waals surface area contributed by atoms with Crippen molar-refractivity contribution in [2.75, 3.05) is 12.8 Å². The van der Waals surface area contributed by atoms with Crippen LogP contribution in [0.1, 0.15) is 0 Å². The van der Waals surface area contributed by atoms with E-state index in [1.807, 2.05) is 0 Å². The average Bonchev–Trinajstić information content (AvgIpc) is 1.89. The van der Waals surface area contributed by atoms with Crippen LogP contribution in [0.15, 0.2) is 6.20 Å². The number of hydrogen-bond donors (Lipinski definition) is 1. The van der Waals surface area contributed by atoms with Crippen molar-refractivity contribution < 1.29 is 4.74 Å². The zero-order chi connectivity index (χ0) is 6.69. The third kappa shape index (κ3) is 1.07. The van der Waals surface area contributed by atoms with Crippen LogP contribution in [-0.2, 0) is 0 Å². The van der Waals surface area contributed by atoms with Gasteiger partial charge in [-0.1, -0.05) is 0 Å². The molecule has 4 heteroatoms. The summed E-state index contributed by atoms with van der Waals surface area (Å²) in [5.74, 6) is 0.605. The van der Waals surface area contributed by atoms with Crippen LogP contribution in [0.4, 0.5) is 5.82 Å². The molecule has 0 amide bonds. The molecular formula is C5H6N3O. The lowest BCUT2D eigenvalue weighted by atomic mass is 10.6. The Morgan fingerprint density at radius 1 is 1.78 bits per heavy atom. The van der Waals surface area contributed by atoms with E-state index in [1.54, 1.807) is 0 Å². The van der Waals surface area contributed by atoms with Crippen molar-refractivity contribution in [2.45, 2.75) is 0 Å². The van der Waals surface area contributed by atoms with Gasteiger partial charge in [0, 0.05) is 0 Å². The fraction of sp³-hybridized carbons (Fsp3) is 0.200. The molecule has 9 heavy (non-hydrogen) atoms. The van der Waals surface area contributed by atoms with Crippen molar-refractivity contribution in [2.24, 2.45) is 0 Å². The zero-order valence-electron chi connectivity index (χ0n) is 4.96. The molecule has 0 bridgehead atoms. The molecule has 4 nitrogen and oxygen atoms in total. The summed E-state index contributed by atoms with van der Waals surface area (Å²) in [6.07, 6.45) is 3.87. The van der Waals surface area contributed by atoms with Crippen molar-refractivity contribution >= 4 is 5.82 Å². The number of hydrogen-bond acceptors (Lipinski definition) is 4. The number of nitrogen functional groups attached to an aromatic ring is 1. The summed E-state index contributed by atoms with van der Waals surface area (Å²) in [5, 5.41) is 0. The van der Waals surface area contributed by atoms with E-state index < -0.39 is 0 Å². The van der Waals surface area contributed by atoms with Gasteiger partial charge >= 0.3 is 0 Å². The van der Waals surface area contributed by atoms with Gasteiger partial charge in [-0.2, -0.15) is 0 Å². The third-order valence-corrected chi connectivity index (χ3v) is 0.840. The van der Waals surface area contributed by atoms with E-state index >= 15 is 0 Å². The molecule has 0 aliphatic rings. The summed E-state index contributed by atoms with van der Waals surface area (Å²) < 4.78 is 4.72. The van der Waals surface area contributed by atoms with Crippen LogP contribution >= 0.6 is 0 Å². The number of rotatable bonds is 1. The van der Waals surface area contributed by atoms with Crippen LogP contribution in [-0.4, -0.2) is 17.1 Å². The molecule has 2 N–H and O–H groups in total. The molecule has 0 spiro atoms. The van der Waals surface area contributed by atoms with E-state index in [-0.39, 0.29) is 5.82 Å². The van der Waals surface area contributed by atoms with Crippen LogP contribution in [0.3, 0.4) is 0 Å². The number of aromatic nitrogens is 2. The Kier molecular flexibility index (Phi) is 1.48. The second kappa shape index (κ2) is 2.30. The second-order valence-electron chi connectivity index (χ2n) is 1.39. The molecule has 0 saturated heterocycles. The monoisotopic (exact) mass is 124 g/mol. The first kappa shape index (κ1) is 5.81. The van der Waals surface area contributed by atoms with Gasteiger partial charge in [-0.3, -0.25) is 0 Å². The minimum absolute atomic E-state index is 0.288. The van der Waals surface area contributed by atoms with Gasteiger partial charge in [0.2, 0.25) is 0 Å². The maximum Gasteiger partial charge on any atom is 0.257 e. The van der Waals surface area contributed by atoms with Crippen molar-refractivity contribution in [3.8, 4) is 5.88 Å². The van der Waals surface area contributed by atoms with Gasteiger partial charge in [-0.05, 0) is 0 Å². The molecule has 0 aliphatic carbocycles. The molecule has 1 aromatic heterocycles. The van der Waals surface area contributed by atoms with Crippen molar-refractivity contribution in [3.63, 3.8) is 0 Å². The topological polar surface area (TPSA) is 61.0 Å². The SMILES string of the molecule is COc1n[c]cnc1N. The number of nitrogens with zero attached hydrogens (tertiary/aromatic N) is 2. The van der Waals surface area contributed by atoms with E-state index in [0.717, 1.165) is 0 Å². The second-order valence-corrected chi connectivity index (χ2v) is 1.39. The maximum atomic E-state index is 5.31. The lowest BCUT2D eigenvalue weighted by molar-refractivity contribution is 0.398. The Bertz CT molecular complexity index is 201. The van der Waals surface area contributed by atoms with E-state index in [2.05, 4.69) is 16.2 Å². The number of ether oxygens (including phenoxy) is 1. The highest BCUT2D eigenvalue weighted by Gasteiger charge is 1.96. The van der Waals surface area contributed by atoms with Crippen molar-refractivity contribution in [3.05, 3.63) is 12.4 Å². The van der Waals surface area contributed by atoms with E-state index in [1.165, 1.54) is 13.3 Å². The molecular weight excluding hydrogens is 118 g/mol. The van der Waals surface area contributed by atoms with Gasteiger partial charge in [-0.25, -0.2) is 9.97 Å². The highest BCUT2D eigenvalue weighted by Crippen LogP contribution is 2.10. The van der Waals surface area contributed by atoms with Crippen LogP contribution in [0.25, 0.3) is 0 Å². The maximum absolute atomic E-state index is 5.31. The summed E-state index contributed by atoms with van der Waals surface area (Å²) in [5.41, 5.74) is 5.31. The Hall–Kier alpha value is -1.32. The molecule has 47 valence electrons. The smallest absolute Gasteiger partial charge is 0.257 e. The molecule has 1 rings (SSSR count). The summed E-state index contributed by atoms with van der Waals surface area (Å²) in [4.78, 5) is 7.35. The van der Waals surface area contributed by atoms with Gasteiger partial charge in [0.25, 0.3) is 5.88 Å². The summed E-state index contributed by atoms with van der Waals surface area (Å²) in [6.45, 7) is 0. The summed E-state index contributed by atoms with van der Waals surface area (Å²) in [7, 11) is 1.48. The predicted octanol–water partition coefficient (Wildman–Crippen LogP) is -0.132. The van der Waals surface area contributed by atoms with Crippen LogP contribution in [0, 0.1) is 6.20 Å². The Labute approximate surface area is 52.7 Å². The minimum Gasteiger partial charge on any atom is -0.478 e. The first-order valence-corrected chi connectivity index (χ1v) is 2.37. The molecule has 0 atom stereocenters. The summed E-state index contributed by atoms with van der Waals surface area (Å²) in [6, 6.07) is 0. The fourth-order valence-corrected chi connectivity index (χ4v) is 0.449. The minimum atomic E-state index is 0.288. The van der Waals surface area contributed by atoms with Crippen molar-refractivity contribution in [1.29, 1.82) is 0 Å². The average molecular weight is 124 g/mol. The standard InChI is InChI=1S/C5H6N3O/c1-9-5-4(6)7-2-3-8-5/h2H,1H3,(H2,6,7). The van der Waals surface area contributed by atoms with Crippen molar-refractivity contribution in [1.82, 2.24) is 9.97 Å². The van der Waals surface area contributed by atoms with Gasteiger partial charge in [0.15, 0.2) is 5.82 Å². The molecule has 1 heterocycles. The molecule has 0 aliphatic heterocycles. The lowest BCUT2D eigenvalue weighted by Crippen LogP contribution is -1.96. The van der Waals surface area contributed by atoms with Gasteiger partial charge in [-0.15, -0.1) is 0 Å². The quantitative estimate of drug-likeness (QED) is 0.566.